The van der Waals surface area contributed by atoms with Crippen LogP contribution in [-0.4, -0.2) is 38.7 Å². The molecule has 0 unspecified atom stereocenters. The minimum Gasteiger partial charge on any atom is -0.340 e. The minimum atomic E-state index is 0.201. The van der Waals surface area contributed by atoms with Crippen LogP contribution in [0.2, 0.25) is 0 Å². The molecule has 1 saturated carbocycles. The number of amides is 1. The van der Waals surface area contributed by atoms with Gasteiger partial charge in [0.05, 0.1) is 6.04 Å². The third-order valence-electron chi connectivity index (χ3n) is 4.75. The highest BCUT2D eigenvalue weighted by molar-refractivity contribution is 7.12. The smallest absolute Gasteiger partial charge is 0.226 e. The molecule has 6 heteroatoms. The van der Waals surface area contributed by atoms with Crippen LogP contribution < -0.4 is 0 Å². The second-order valence-electron chi connectivity index (χ2n) is 6.35. The molecule has 1 saturated heterocycles. The molecule has 2 fully saturated rings. The average Bonchev–Trinajstić information content (AvgIpc) is 2.95. The summed E-state index contributed by atoms with van der Waals surface area (Å²) in [5.74, 6) is 0.992. The van der Waals surface area contributed by atoms with E-state index in [1.807, 2.05) is 20.9 Å². The van der Waals surface area contributed by atoms with E-state index in [9.17, 15) is 4.79 Å². The summed E-state index contributed by atoms with van der Waals surface area (Å²) in [6.45, 7) is 3.78. The van der Waals surface area contributed by atoms with E-state index in [1.54, 1.807) is 12.7 Å². The Morgan fingerprint density at radius 2 is 2.32 bits per heavy atom. The Labute approximate surface area is 134 Å². The van der Waals surface area contributed by atoms with Crippen molar-refractivity contribution in [3.8, 4) is 0 Å². The molecule has 0 radical (unpaired) electrons. The largest absolute Gasteiger partial charge is 0.340 e. The van der Waals surface area contributed by atoms with Gasteiger partial charge in [0, 0.05) is 34.7 Å². The number of thiophene rings is 1. The van der Waals surface area contributed by atoms with Crippen molar-refractivity contribution < 1.29 is 4.79 Å². The number of rotatable bonds is 3. The summed E-state index contributed by atoms with van der Waals surface area (Å²) in [6.07, 6.45) is 6.46. The van der Waals surface area contributed by atoms with Gasteiger partial charge >= 0.3 is 0 Å². The molecule has 0 aromatic carbocycles. The Balaban J connectivity index is 1.41. The van der Waals surface area contributed by atoms with E-state index in [4.69, 9.17) is 0 Å². The molecule has 1 aliphatic carbocycles. The number of piperidine rings is 1. The summed E-state index contributed by atoms with van der Waals surface area (Å²) >= 11 is 1.83. The Bertz CT molecular complexity index is 666. The number of aromatic nitrogens is 3. The summed E-state index contributed by atoms with van der Waals surface area (Å²) in [6, 6.07) is 4.62. The van der Waals surface area contributed by atoms with Crippen LogP contribution in [-0.2, 0) is 4.79 Å². The van der Waals surface area contributed by atoms with E-state index in [-0.39, 0.29) is 12.0 Å². The molecule has 2 aliphatic rings. The molecule has 0 N–H and O–H groups in total. The molecule has 2 aromatic rings. The molecule has 1 aliphatic heterocycles. The van der Waals surface area contributed by atoms with Crippen LogP contribution in [0.3, 0.4) is 0 Å². The lowest BCUT2D eigenvalue weighted by Crippen LogP contribution is -2.41. The molecule has 1 amide bonds. The van der Waals surface area contributed by atoms with E-state index in [1.165, 1.54) is 9.75 Å². The van der Waals surface area contributed by atoms with Gasteiger partial charge in [0.1, 0.15) is 12.7 Å². The maximum atomic E-state index is 12.8. The third-order valence-corrected chi connectivity index (χ3v) is 5.89. The summed E-state index contributed by atoms with van der Waals surface area (Å²) in [5.41, 5.74) is 0. The first-order valence-electron chi connectivity index (χ1n) is 7.91. The SMILES string of the molecule is Cc1ccc([C@@H]2C[C@H]2C(=O)N2CCC[C@@H](n3cncn3)C2)s1. The Hall–Kier alpha value is -1.69. The predicted molar refractivity (Wildman–Crippen MR) is 84.8 cm³/mol. The fraction of sp³-hybridized carbons (Fsp3) is 0.562. The number of carbonyl (C=O) groups is 1. The zero-order valence-electron chi connectivity index (χ0n) is 12.7. The van der Waals surface area contributed by atoms with Crippen LogP contribution in [0.15, 0.2) is 24.8 Å². The van der Waals surface area contributed by atoms with Crippen LogP contribution in [0.5, 0.6) is 0 Å². The number of hydrogen-bond donors (Lipinski definition) is 0. The number of aryl methyl sites for hydroxylation is 1. The van der Waals surface area contributed by atoms with Crippen molar-refractivity contribution in [1.82, 2.24) is 19.7 Å². The Morgan fingerprint density at radius 1 is 1.41 bits per heavy atom. The van der Waals surface area contributed by atoms with Gasteiger partial charge in [0.15, 0.2) is 0 Å². The van der Waals surface area contributed by atoms with E-state index in [2.05, 4.69) is 29.1 Å². The van der Waals surface area contributed by atoms with Gasteiger partial charge in [-0.15, -0.1) is 11.3 Å². The standard InChI is InChI=1S/C16H20N4OS/c1-11-4-5-15(22-11)13-7-14(13)16(21)19-6-2-3-12(8-19)20-10-17-9-18-20/h4-5,9-10,12-14H,2-3,6-8H2,1H3/t12-,13-,14-/m1/s1. The number of likely N-dealkylation sites (tertiary alicyclic amines) is 1. The fourth-order valence-electron chi connectivity index (χ4n) is 3.45. The molecule has 5 nitrogen and oxygen atoms in total. The maximum absolute atomic E-state index is 12.8. The van der Waals surface area contributed by atoms with Crippen LogP contribution in [0.4, 0.5) is 0 Å². The summed E-state index contributed by atoms with van der Waals surface area (Å²) < 4.78 is 1.90. The molecule has 116 valence electrons. The highest BCUT2D eigenvalue weighted by Crippen LogP contribution is 2.50. The fourth-order valence-corrected chi connectivity index (χ4v) is 4.50. The average molecular weight is 316 g/mol. The topological polar surface area (TPSA) is 51.0 Å². The monoisotopic (exact) mass is 316 g/mol. The minimum absolute atomic E-state index is 0.201. The van der Waals surface area contributed by atoms with Crippen molar-refractivity contribution in [2.24, 2.45) is 5.92 Å². The predicted octanol–water partition coefficient (Wildman–Crippen LogP) is 2.62. The first kappa shape index (κ1) is 13.9. The molecule has 2 aromatic heterocycles. The van der Waals surface area contributed by atoms with Crippen molar-refractivity contribution in [2.45, 2.75) is 38.1 Å². The first-order chi connectivity index (χ1) is 10.7. The molecular weight excluding hydrogens is 296 g/mol. The zero-order chi connectivity index (χ0) is 15.1. The molecule has 0 spiro atoms. The molecule has 22 heavy (non-hydrogen) atoms. The lowest BCUT2D eigenvalue weighted by molar-refractivity contribution is -0.134. The van der Waals surface area contributed by atoms with Gasteiger partial charge in [-0.1, -0.05) is 0 Å². The lowest BCUT2D eigenvalue weighted by atomic mass is 10.1. The van der Waals surface area contributed by atoms with Crippen LogP contribution >= 0.6 is 11.3 Å². The van der Waals surface area contributed by atoms with Crippen LogP contribution in [0.25, 0.3) is 0 Å². The van der Waals surface area contributed by atoms with Crippen molar-refractivity contribution in [1.29, 1.82) is 0 Å². The van der Waals surface area contributed by atoms with Crippen molar-refractivity contribution in [2.75, 3.05) is 13.1 Å². The highest BCUT2D eigenvalue weighted by Gasteiger charge is 2.47. The molecule has 3 atom stereocenters. The normalized spacial score (nSPS) is 27.9. The first-order valence-corrected chi connectivity index (χ1v) is 8.73. The molecule has 3 heterocycles. The quantitative estimate of drug-likeness (QED) is 0.874. The summed E-state index contributed by atoms with van der Waals surface area (Å²) in [7, 11) is 0. The number of nitrogens with zero attached hydrogens (tertiary/aromatic N) is 4. The van der Waals surface area contributed by atoms with Gasteiger partial charge in [-0.05, 0) is 38.3 Å². The van der Waals surface area contributed by atoms with E-state index in [0.717, 1.165) is 32.4 Å². The lowest BCUT2D eigenvalue weighted by Gasteiger charge is -2.32. The second-order valence-corrected chi connectivity index (χ2v) is 7.67. The molecule has 4 rings (SSSR count). The van der Waals surface area contributed by atoms with Gasteiger partial charge in [0.25, 0.3) is 0 Å². The van der Waals surface area contributed by atoms with Gasteiger partial charge in [0.2, 0.25) is 5.91 Å². The number of carbonyl (C=O) groups excluding carboxylic acids is 1. The highest BCUT2D eigenvalue weighted by atomic mass is 32.1. The summed E-state index contributed by atoms with van der Waals surface area (Å²) in [5, 5.41) is 4.23. The number of hydrogen-bond acceptors (Lipinski definition) is 4. The summed E-state index contributed by atoms with van der Waals surface area (Å²) in [4.78, 5) is 21.5. The second kappa shape index (κ2) is 5.50. The van der Waals surface area contributed by atoms with E-state index in [0.29, 0.717) is 11.8 Å². The molecular formula is C16H20N4OS. The maximum Gasteiger partial charge on any atom is 0.226 e. The van der Waals surface area contributed by atoms with Crippen LogP contribution in [0.1, 0.15) is 41.0 Å². The Kier molecular flexibility index (Phi) is 3.48. The van der Waals surface area contributed by atoms with E-state index >= 15 is 0 Å². The zero-order valence-corrected chi connectivity index (χ0v) is 13.5. The van der Waals surface area contributed by atoms with Gasteiger partial charge < -0.3 is 4.90 Å². The van der Waals surface area contributed by atoms with Crippen molar-refractivity contribution in [3.63, 3.8) is 0 Å². The van der Waals surface area contributed by atoms with Crippen molar-refractivity contribution in [3.05, 3.63) is 34.5 Å². The van der Waals surface area contributed by atoms with Gasteiger partial charge in [-0.3, -0.25) is 4.79 Å². The van der Waals surface area contributed by atoms with Gasteiger partial charge in [-0.2, -0.15) is 5.10 Å². The third kappa shape index (κ3) is 2.56. The van der Waals surface area contributed by atoms with Crippen molar-refractivity contribution >= 4 is 17.2 Å². The molecule has 0 bridgehead atoms. The van der Waals surface area contributed by atoms with Gasteiger partial charge in [-0.25, -0.2) is 9.67 Å². The van der Waals surface area contributed by atoms with Crippen LogP contribution in [0, 0.1) is 12.8 Å². The van der Waals surface area contributed by atoms with E-state index < -0.39 is 0 Å². The Morgan fingerprint density at radius 3 is 3.05 bits per heavy atom.